The molecule has 21 heavy (non-hydrogen) atoms. The standard InChI is InChI=1S/C15H21ClN2O3/c1-11(2)18(9-5-8-14(19)20)15(21)17-10-12-6-3-4-7-13(12)16/h3-4,6-7,11H,5,8-10H2,1-2H3,(H,17,21)(H,19,20). The minimum absolute atomic E-state index is 0.00467. The highest BCUT2D eigenvalue weighted by Crippen LogP contribution is 2.14. The average Bonchev–Trinajstić information content (AvgIpc) is 2.41. The Balaban J connectivity index is 2.53. The molecule has 0 saturated heterocycles. The van der Waals surface area contributed by atoms with Crippen molar-refractivity contribution in [1.82, 2.24) is 10.2 Å². The van der Waals surface area contributed by atoms with Gasteiger partial charge in [0.15, 0.2) is 0 Å². The first kappa shape index (κ1) is 17.3. The summed E-state index contributed by atoms with van der Waals surface area (Å²) in [5, 5.41) is 12.1. The Labute approximate surface area is 129 Å². The van der Waals surface area contributed by atoms with Crippen LogP contribution in [0.4, 0.5) is 4.79 Å². The fourth-order valence-corrected chi connectivity index (χ4v) is 2.11. The highest BCUT2D eigenvalue weighted by atomic mass is 35.5. The van der Waals surface area contributed by atoms with Gasteiger partial charge in [0.1, 0.15) is 0 Å². The van der Waals surface area contributed by atoms with Gasteiger partial charge in [-0.1, -0.05) is 29.8 Å². The third kappa shape index (κ3) is 6.04. The minimum Gasteiger partial charge on any atom is -0.481 e. The van der Waals surface area contributed by atoms with E-state index in [0.717, 1.165) is 5.56 Å². The lowest BCUT2D eigenvalue weighted by Gasteiger charge is -2.27. The van der Waals surface area contributed by atoms with Crippen LogP contribution in [0.15, 0.2) is 24.3 Å². The number of benzene rings is 1. The van der Waals surface area contributed by atoms with Crippen molar-refractivity contribution in [2.24, 2.45) is 0 Å². The average molecular weight is 313 g/mol. The van der Waals surface area contributed by atoms with Crippen LogP contribution in [0.1, 0.15) is 32.3 Å². The monoisotopic (exact) mass is 312 g/mol. The van der Waals surface area contributed by atoms with E-state index in [-0.39, 0.29) is 18.5 Å². The lowest BCUT2D eigenvalue weighted by Crippen LogP contribution is -2.44. The molecule has 0 aliphatic carbocycles. The number of carbonyl (C=O) groups is 2. The van der Waals surface area contributed by atoms with Crippen LogP contribution in [-0.4, -0.2) is 34.6 Å². The van der Waals surface area contributed by atoms with Crippen LogP contribution < -0.4 is 5.32 Å². The number of aliphatic carboxylic acids is 1. The molecule has 0 saturated carbocycles. The van der Waals surface area contributed by atoms with Gasteiger partial charge in [-0.15, -0.1) is 0 Å². The molecule has 0 bridgehead atoms. The molecule has 0 aromatic heterocycles. The molecule has 116 valence electrons. The molecule has 6 heteroatoms. The maximum absolute atomic E-state index is 12.2. The highest BCUT2D eigenvalue weighted by molar-refractivity contribution is 6.31. The van der Waals surface area contributed by atoms with Crippen molar-refractivity contribution < 1.29 is 14.7 Å². The smallest absolute Gasteiger partial charge is 0.317 e. The summed E-state index contributed by atoms with van der Waals surface area (Å²) >= 11 is 6.04. The van der Waals surface area contributed by atoms with Gasteiger partial charge < -0.3 is 15.3 Å². The van der Waals surface area contributed by atoms with Gasteiger partial charge in [-0.25, -0.2) is 4.79 Å². The van der Waals surface area contributed by atoms with Crippen molar-refractivity contribution in [3.8, 4) is 0 Å². The molecular formula is C15H21ClN2O3. The van der Waals surface area contributed by atoms with Gasteiger partial charge in [-0.05, 0) is 31.9 Å². The quantitative estimate of drug-likeness (QED) is 0.812. The van der Waals surface area contributed by atoms with Crippen molar-refractivity contribution in [3.63, 3.8) is 0 Å². The Hall–Kier alpha value is -1.75. The van der Waals surface area contributed by atoms with Crippen molar-refractivity contribution in [1.29, 1.82) is 0 Å². The Morgan fingerprint density at radius 2 is 2.00 bits per heavy atom. The fourth-order valence-electron chi connectivity index (χ4n) is 1.91. The Kier molecular flexibility index (Phi) is 7.02. The van der Waals surface area contributed by atoms with Gasteiger partial charge in [0, 0.05) is 30.6 Å². The van der Waals surface area contributed by atoms with Crippen LogP contribution in [0.2, 0.25) is 5.02 Å². The van der Waals surface area contributed by atoms with Crippen molar-refractivity contribution in [2.75, 3.05) is 6.54 Å². The number of halogens is 1. The maximum atomic E-state index is 12.2. The van der Waals surface area contributed by atoms with Gasteiger partial charge in [-0.2, -0.15) is 0 Å². The third-order valence-corrected chi connectivity index (χ3v) is 3.43. The molecule has 0 atom stereocenters. The van der Waals surface area contributed by atoms with E-state index in [1.807, 2.05) is 32.0 Å². The lowest BCUT2D eigenvalue weighted by molar-refractivity contribution is -0.137. The predicted molar refractivity (Wildman–Crippen MR) is 82.4 cm³/mol. The van der Waals surface area contributed by atoms with E-state index in [2.05, 4.69) is 5.32 Å². The lowest BCUT2D eigenvalue weighted by atomic mass is 10.2. The maximum Gasteiger partial charge on any atom is 0.317 e. The van der Waals surface area contributed by atoms with Gasteiger partial charge in [0.05, 0.1) is 0 Å². The molecule has 2 N–H and O–H groups in total. The Morgan fingerprint density at radius 1 is 1.33 bits per heavy atom. The molecule has 0 aliphatic rings. The second-order valence-electron chi connectivity index (χ2n) is 5.03. The van der Waals surface area contributed by atoms with E-state index in [9.17, 15) is 9.59 Å². The van der Waals surface area contributed by atoms with Gasteiger partial charge >= 0.3 is 12.0 Å². The van der Waals surface area contributed by atoms with Crippen molar-refractivity contribution in [3.05, 3.63) is 34.9 Å². The zero-order chi connectivity index (χ0) is 15.8. The molecule has 0 aliphatic heterocycles. The summed E-state index contributed by atoms with van der Waals surface area (Å²) in [5.41, 5.74) is 0.849. The van der Waals surface area contributed by atoms with Crippen LogP contribution in [0.25, 0.3) is 0 Å². The molecule has 1 aromatic rings. The molecule has 1 rings (SSSR count). The van der Waals surface area contributed by atoms with Crippen LogP contribution in [-0.2, 0) is 11.3 Å². The first-order valence-corrected chi connectivity index (χ1v) is 7.29. The number of urea groups is 1. The molecule has 0 heterocycles. The largest absolute Gasteiger partial charge is 0.481 e. The predicted octanol–water partition coefficient (Wildman–Crippen LogP) is 3.12. The molecule has 2 amide bonds. The number of hydrogen-bond acceptors (Lipinski definition) is 2. The van der Waals surface area contributed by atoms with E-state index < -0.39 is 5.97 Å². The number of nitrogens with zero attached hydrogens (tertiary/aromatic N) is 1. The summed E-state index contributed by atoms with van der Waals surface area (Å²) in [6, 6.07) is 7.11. The van der Waals surface area contributed by atoms with Crippen LogP contribution in [0.5, 0.6) is 0 Å². The van der Waals surface area contributed by atoms with Gasteiger partial charge in [0.25, 0.3) is 0 Å². The normalized spacial score (nSPS) is 10.5. The second-order valence-corrected chi connectivity index (χ2v) is 5.44. The number of hydrogen-bond donors (Lipinski definition) is 2. The number of rotatable bonds is 7. The summed E-state index contributed by atoms with van der Waals surface area (Å²) in [6.07, 6.45) is 0.494. The topological polar surface area (TPSA) is 69.6 Å². The number of amides is 2. The van der Waals surface area contributed by atoms with Gasteiger partial charge in [0.2, 0.25) is 0 Å². The third-order valence-electron chi connectivity index (χ3n) is 3.06. The van der Waals surface area contributed by atoms with Crippen molar-refractivity contribution >= 4 is 23.6 Å². The summed E-state index contributed by atoms with van der Waals surface area (Å²) in [5.74, 6) is -0.852. The fraction of sp³-hybridized carbons (Fsp3) is 0.467. The minimum atomic E-state index is -0.852. The number of carboxylic acids is 1. The van der Waals surface area contributed by atoms with E-state index in [0.29, 0.717) is 24.5 Å². The first-order chi connectivity index (χ1) is 9.91. The van der Waals surface area contributed by atoms with E-state index in [1.54, 1.807) is 11.0 Å². The van der Waals surface area contributed by atoms with Crippen molar-refractivity contribution in [2.45, 2.75) is 39.3 Å². The second kappa shape index (κ2) is 8.52. The Morgan fingerprint density at radius 3 is 2.57 bits per heavy atom. The summed E-state index contributed by atoms with van der Waals surface area (Å²) in [4.78, 5) is 24.3. The van der Waals surface area contributed by atoms with Crippen LogP contribution in [0, 0.1) is 0 Å². The molecule has 1 aromatic carbocycles. The molecule has 0 spiro atoms. The highest BCUT2D eigenvalue weighted by Gasteiger charge is 2.16. The number of nitrogens with one attached hydrogen (secondary N) is 1. The summed E-state index contributed by atoms with van der Waals surface area (Å²) in [6.45, 7) is 4.56. The van der Waals surface area contributed by atoms with E-state index >= 15 is 0 Å². The zero-order valence-electron chi connectivity index (χ0n) is 12.3. The molecule has 0 unspecified atom stereocenters. The first-order valence-electron chi connectivity index (χ1n) is 6.91. The number of carbonyl (C=O) groups excluding carboxylic acids is 1. The van der Waals surface area contributed by atoms with E-state index in [1.165, 1.54) is 0 Å². The molecule has 0 fully saturated rings. The van der Waals surface area contributed by atoms with Crippen LogP contribution >= 0.6 is 11.6 Å². The van der Waals surface area contributed by atoms with Crippen LogP contribution in [0.3, 0.4) is 0 Å². The SMILES string of the molecule is CC(C)N(CCCC(=O)O)C(=O)NCc1ccccc1Cl. The van der Waals surface area contributed by atoms with E-state index in [4.69, 9.17) is 16.7 Å². The molecule has 5 nitrogen and oxygen atoms in total. The van der Waals surface area contributed by atoms with Gasteiger partial charge in [-0.3, -0.25) is 4.79 Å². The summed E-state index contributed by atoms with van der Waals surface area (Å²) in [7, 11) is 0. The zero-order valence-corrected chi connectivity index (χ0v) is 13.1. The molecular weight excluding hydrogens is 292 g/mol. The Bertz CT molecular complexity index is 492. The number of carboxylic acid groups (broad SMARTS) is 1. The summed E-state index contributed by atoms with van der Waals surface area (Å²) < 4.78 is 0. The molecule has 0 radical (unpaired) electrons.